The lowest BCUT2D eigenvalue weighted by Crippen LogP contribution is -2.26. The van der Waals surface area contributed by atoms with Gasteiger partial charge in [-0.3, -0.25) is 0 Å². The van der Waals surface area contributed by atoms with Gasteiger partial charge in [-0.05, 0) is 18.6 Å². The quantitative estimate of drug-likeness (QED) is 0.568. The average molecular weight is 254 g/mol. The first-order valence-corrected chi connectivity index (χ1v) is 7.43. The van der Waals surface area contributed by atoms with Crippen LogP contribution in [0.25, 0.3) is 0 Å². The lowest BCUT2D eigenvalue weighted by Gasteiger charge is -2.06. The van der Waals surface area contributed by atoms with Crippen LogP contribution in [0.3, 0.4) is 0 Å². The molecule has 0 bridgehead atoms. The zero-order valence-electron chi connectivity index (χ0n) is 10.7. The fourth-order valence-corrected chi connectivity index (χ4v) is 2.68. The van der Waals surface area contributed by atoms with Crippen LogP contribution in [-0.2, 0) is 0 Å². The Kier molecular flexibility index (Phi) is 5.03. The Morgan fingerprint density at radius 1 is 0.889 bits per heavy atom. The summed E-state index contributed by atoms with van der Waals surface area (Å²) in [5.41, 5.74) is 0. The standard InChI is InChI=1S/C16H18OSi/c1-2-3-13-17-14-9-11-16(12-10-14)18-15-7-5-4-6-8-15/h4-12H,2-3,13H2,1H3. The molecule has 0 aliphatic heterocycles. The van der Waals surface area contributed by atoms with Gasteiger partial charge in [-0.2, -0.15) is 0 Å². The molecule has 0 aliphatic rings. The Labute approximate surface area is 112 Å². The Bertz CT molecular complexity index is 450. The number of ether oxygens (including phenoxy) is 1. The molecule has 2 aromatic carbocycles. The lowest BCUT2D eigenvalue weighted by molar-refractivity contribution is 0.309. The second kappa shape index (κ2) is 7.02. The van der Waals surface area contributed by atoms with Gasteiger partial charge in [0.1, 0.15) is 15.3 Å². The van der Waals surface area contributed by atoms with Crippen LogP contribution in [0.1, 0.15) is 19.8 Å². The van der Waals surface area contributed by atoms with Gasteiger partial charge in [0.2, 0.25) is 0 Å². The van der Waals surface area contributed by atoms with Crippen LogP contribution in [0.4, 0.5) is 0 Å². The first kappa shape index (κ1) is 12.9. The Morgan fingerprint density at radius 2 is 1.56 bits per heavy atom. The number of unbranched alkanes of at least 4 members (excludes halogenated alkanes) is 1. The third-order valence-electron chi connectivity index (χ3n) is 2.68. The van der Waals surface area contributed by atoms with Crippen LogP contribution in [0.5, 0.6) is 5.75 Å². The minimum absolute atomic E-state index is 0.720. The molecule has 2 heteroatoms. The van der Waals surface area contributed by atoms with Crippen molar-refractivity contribution in [1.29, 1.82) is 0 Å². The van der Waals surface area contributed by atoms with Crippen LogP contribution < -0.4 is 15.1 Å². The SMILES string of the molecule is CCCCOc1ccc([Si]c2ccccc2)cc1. The molecule has 0 heterocycles. The molecule has 0 saturated carbocycles. The molecule has 0 amide bonds. The van der Waals surface area contributed by atoms with Crippen molar-refractivity contribution in [1.82, 2.24) is 0 Å². The molecule has 2 radical (unpaired) electrons. The average Bonchev–Trinajstić information content (AvgIpc) is 2.42. The Balaban J connectivity index is 1.91. The summed E-state index contributed by atoms with van der Waals surface area (Å²) in [4.78, 5) is 0. The van der Waals surface area contributed by atoms with Gasteiger partial charge in [0.25, 0.3) is 0 Å². The third-order valence-corrected chi connectivity index (χ3v) is 3.93. The minimum atomic E-state index is 0.720. The first-order chi connectivity index (χ1) is 8.88. The molecule has 0 unspecified atom stereocenters. The van der Waals surface area contributed by atoms with Gasteiger partial charge >= 0.3 is 0 Å². The van der Waals surface area contributed by atoms with Gasteiger partial charge in [0, 0.05) is 0 Å². The zero-order valence-corrected chi connectivity index (χ0v) is 11.7. The smallest absolute Gasteiger partial charge is 0.121 e. The Morgan fingerprint density at radius 3 is 2.22 bits per heavy atom. The molecule has 1 nitrogen and oxygen atoms in total. The molecule has 0 fully saturated rings. The predicted octanol–water partition coefficient (Wildman–Crippen LogP) is 2.52. The van der Waals surface area contributed by atoms with Gasteiger partial charge in [-0.15, -0.1) is 0 Å². The summed E-state index contributed by atoms with van der Waals surface area (Å²) in [6.45, 7) is 2.99. The van der Waals surface area contributed by atoms with Crippen LogP contribution in [-0.4, -0.2) is 16.1 Å². The van der Waals surface area contributed by atoms with E-state index >= 15 is 0 Å². The summed E-state index contributed by atoms with van der Waals surface area (Å²) in [6, 6.07) is 19.0. The van der Waals surface area contributed by atoms with E-state index in [1.54, 1.807) is 0 Å². The molecule has 2 rings (SSSR count). The van der Waals surface area contributed by atoms with Crippen molar-refractivity contribution in [2.45, 2.75) is 19.8 Å². The molecular formula is C16H18OSi. The molecule has 0 spiro atoms. The minimum Gasteiger partial charge on any atom is -0.494 e. The van der Waals surface area contributed by atoms with Crippen molar-refractivity contribution in [3.63, 3.8) is 0 Å². The monoisotopic (exact) mass is 254 g/mol. The molecule has 0 atom stereocenters. The van der Waals surface area contributed by atoms with E-state index < -0.39 is 0 Å². The highest BCUT2D eigenvalue weighted by Gasteiger charge is 1.98. The molecule has 92 valence electrons. The maximum absolute atomic E-state index is 5.65. The maximum atomic E-state index is 5.65. The van der Waals surface area contributed by atoms with Crippen molar-refractivity contribution >= 4 is 19.9 Å². The van der Waals surface area contributed by atoms with E-state index in [-0.39, 0.29) is 0 Å². The van der Waals surface area contributed by atoms with Gasteiger partial charge < -0.3 is 4.74 Å². The van der Waals surface area contributed by atoms with Gasteiger partial charge in [0.05, 0.1) is 6.61 Å². The van der Waals surface area contributed by atoms with Crippen molar-refractivity contribution in [2.75, 3.05) is 6.61 Å². The van der Waals surface area contributed by atoms with Gasteiger partial charge in [-0.1, -0.05) is 66.2 Å². The number of hydrogen-bond acceptors (Lipinski definition) is 1. The highest BCUT2D eigenvalue weighted by Crippen LogP contribution is 2.07. The Hall–Kier alpha value is -1.54. The van der Waals surface area contributed by atoms with E-state index in [1.165, 1.54) is 16.8 Å². The summed E-state index contributed by atoms with van der Waals surface area (Å²) >= 11 is 0. The lowest BCUT2D eigenvalue weighted by atomic mass is 10.3. The maximum Gasteiger partial charge on any atom is 0.121 e. The predicted molar refractivity (Wildman–Crippen MR) is 78.3 cm³/mol. The van der Waals surface area contributed by atoms with Crippen LogP contribution >= 0.6 is 0 Å². The summed E-state index contributed by atoms with van der Waals surface area (Å²) in [7, 11) is 0.720. The topological polar surface area (TPSA) is 9.23 Å². The highest BCUT2D eigenvalue weighted by atomic mass is 28.2. The van der Waals surface area contributed by atoms with Crippen LogP contribution in [0, 0.1) is 0 Å². The van der Waals surface area contributed by atoms with Gasteiger partial charge in [0.15, 0.2) is 0 Å². The molecule has 18 heavy (non-hydrogen) atoms. The zero-order chi connectivity index (χ0) is 12.6. The van der Waals surface area contributed by atoms with Gasteiger partial charge in [-0.25, -0.2) is 0 Å². The van der Waals surface area contributed by atoms with E-state index in [2.05, 4.69) is 61.5 Å². The third kappa shape index (κ3) is 4.04. The number of benzene rings is 2. The summed E-state index contributed by atoms with van der Waals surface area (Å²) in [5.74, 6) is 0.977. The van der Waals surface area contributed by atoms with Crippen molar-refractivity contribution in [2.24, 2.45) is 0 Å². The van der Waals surface area contributed by atoms with Crippen molar-refractivity contribution in [3.8, 4) is 5.75 Å². The van der Waals surface area contributed by atoms with E-state index in [1.807, 2.05) is 0 Å². The summed E-state index contributed by atoms with van der Waals surface area (Å²) in [5, 5.41) is 2.72. The second-order valence-electron chi connectivity index (χ2n) is 4.22. The molecule has 2 aromatic rings. The van der Waals surface area contributed by atoms with Crippen LogP contribution in [0.15, 0.2) is 54.6 Å². The number of rotatable bonds is 6. The van der Waals surface area contributed by atoms with E-state index in [0.29, 0.717) is 0 Å². The number of hydrogen-bond donors (Lipinski definition) is 0. The molecule has 0 aromatic heterocycles. The molecule has 0 aliphatic carbocycles. The molecule has 0 saturated heterocycles. The van der Waals surface area contributed by atoms with Crippen molar-refractivity contribution < 1.29 is 4.74 Å². The van der Waals surface area contributed by atoms with Crippen molar-refractivity contribution in [3.05, 3.63) is 54.6 Å². The largest absolute Gasteiger partial charge is 0.494 e. The van der Waals surface area contributed by atoms with Crippen LogP contribution in [0.2, 0.25) is 0 Å². The molecular weight excluding hydrogens is 236 g/mol. The van der Waals surface area contributed by atoms with E-state index in [9.17, 15) is 0 Å². The normalized spacial score (nSPS) is 10.3. The fraction of sp³-hybridized carbons (Fsp3) is 0.250. The summed E-state index contributed by atoms with van der Waals surface area (Å²) in [6.07, 6.45) is 2.29. The molecule has 0 N–H and O–H groups in total. The highest BCUT2D eigenvalue weighted by molar-refractivity contribution is 6.67. The first-order valence-electron chi connectivity index (χ1n) is 6.43. The fourth-order valence-electron chi connectivity index (χ4n) is 1.66. The van der Waals surface area contributed by atoms with E-state index in [4.69, 9.17) is 4.74 Å². The summed E-state index contributed by atoms with van der Waals surface area (Å²) < 4.78 is 5.65. The van der Waals surface area contributed by atoms with E-state index in [0.717, 1.165) is 28.3 Å². The second-order valence-corrected chi connectivity index (χ2v) is 5.62.